The van der Waals surface area contributed by atoms with Crippen molar-refractivity contribution in [3.05, 3.63) is 42.5 Å². The number of hydrogen-bond acceptors (Lipinski definition) is 4. The quantitative estimate of drug-likeness (QED) is 0.828. The van der Waals surface area contributed by atoms with E-state index in [1.54, 1.807) is 17.3 Å². The van der Waals surface area contributed by atoms with Gasteiger partial charge in [0.25, 0.3) is 0 Å². The molecule has 0 spiro atoms. The van der Waals surface area contributed by atoms with Crippen molar-refractivity contribution in [2.75, 3.05) is 32.8 Å². The lowest BCUT2D eigenvalue weighted by atomic mass is 10.1. The van der Waals surface area contributed by atoms with Crippen molar-refractivity contribution in [1.82, 2.24) is 19.7 Å². The van der Waals surface area contributed by atoms with Gasteiger partial charge in [-0.1, -0.05) is 12.1 Å². The second-order valence-corrected chi connectivity index (χ2v) is 5.07. The van der Waals surface area contributed by atoms with Gasteiger partial charge >= 0.3 is 0 Å². The molecule has 1 aliphatic rings. The molecule has 1 aliphatic heterocycles. The zero-order chi connectivity index (χ0) is 13.6. The third-order valence-electron chi connectivity index (χ3n) is 3.64. The molecule has 106 valence electrons. The minimum absolute atomic E-state index is 0.877. The van der Waals surface area contributed by atoms with Crippen LogP contribution in [0.15, 0.2) is 36.9 Å². The molecule has 3 rings (SSSR count). The molecular weight excluding hydrogens is 252 g/mol. The summed E-state index contributed by atoms with van der Waals surface area (Å²) in [6.45, 7) is 5.04. The molecule has 2 aromatic rings. The van der Waals surface area contributed by atoms with Crippen LogP contribution in [0.3, 0.4) is 0 Å². The predicted molar refractivity (Wildman–Crippen MR) is 76.9 cm³/mol. The van der Waals surface area contributed by atoms with E-state index in [4.69, 9.17) is 4.74 Å². The van der Waals surface area contributed by atoms with Gasteiger partial charge < -0.3 is 4.74 Å². The molecule has 1 aromatic carbocycles. The van der Waals surface area contributed by atoms with Gasteiger partial charge in [0, 0.05) is 13.1 Å². The van der Waals surface area contributed by atoms with Crippen LogP contribution in [0.4, 0.5) is 0 Å². The third kappa shape index (κ3) is 3.43. The lowest BCUT2D eigenvalue weighted by Gasteiger charge is -2.26. The normalized spacial score (nSPS) is 16.4. The molecule has 0 atom stereocenters. The fourth-order valence-electron chi connectivity index (χ4n) is 2.53. The Morgan fingerprint density at radius 3 is 2.90 bits per heavy atom. The molecule has 20 heavy (non-hydrogen) atoms. The molecule has 0 unspecified atom stereocenters. The first-order valence-corrected chi connectivity index (χ1v) is 7.16. The zero-order valence-corrected chi connectivity index (χ0v) is 11.6. The summed E-state index contributed by atoms with van der Waals surface area (Å²) < 4.78 is 7.16. The number of rotatable bonds is 5. The number of morpholine rings is 1. The van der Waals surface area contributed by atoms with Crippen molar-refractivity contribution in [2.45, 2.75) is 12.8 Å². The zero-order valence-electron chi connectivity index (χ0n) is 11.6. The van der Waals surface area contributed by atoms with Crippen molar-refractivity contribution in [1.29, 1.82) is 0 Å². The summed E-state index contributed by atoms with van der Waals surface area (Å²) in [6, 6.07) is 8.51. The Bertz CT molecular complexity index is 520. The van der Waals surface area contributed by atoms with Crippen LogP contribution in [0.25, 0.3) is 5.69 Å². The fourth-order valence-corrected chi connectivity index (χ4v) is 2.53. The second kappa shape index (κ2) is 6.63. The van der Waals surface area contributed by atoms with Gasteiger partial charge in [-0.25, -0.2) is 9.67 Å². The standard InChI is InChI=1S/C15H20N4O/c1-3-14(4-2-6-18-7-9-20-10-8-18)11-15(5-1)19-13-16-12-17-19/h1,3,5,11-13H,2,4,6-10H2. The molecule has 0 amide bonds. The lowest BCUT2D eigenvalue weighted by Crippen LogP contribution is -2.36. The van der Waals surface area contributed by atoms with Crippen molar-refractivity contribution in [3.63, 3.8) is 0 Å². The van der Waals surface area contributed by atoms with Crippen LogP contribution in [0.2, 0.25) is 0 Å². The van der Waals surface area contributed by atoms with Crippen molar-refractivity contribution in [3.8, 4) is 5.69 Å². The summed E-state index contributed by atoms with van der Waals surface area (Å²) in [5.74, 6) is 0. The van der Waals surface area contributed by atoms with Crippen LogP contribution < -0.4 is 0 Å². The Labute approximate surface area is 119 Å². The summed E-state index contributed by atoms with van der Waals surface area (Å²) in [5, 5.41) is 4.16. The SMILES string of the molecule is c1cc(CCCN2CCOCC2)cc(-n2cncn2)c1. The summed E-state index contributed by atoms with van der Waals surface area (Å²) in [5.41, 5.74) is 2.43. The van der Waals surface area contributed by atoms with Crippen LogP contribution in [0.1, 0.15) is 12.0 Å². The van der Waals surface area contributed by atoms with Gasteiger partial charge in [-0.2, -0.15) is 5.10 Å². The largest absolute Gasteiger partial charge is 0.379 e. The molecular formula is C15H20N4O. The van der Waals surface area contributed by atoms with Gasteiger partial charge in [0.2, 0.25) is 0 Å². The first-order chi connectivity index (χ1) is 9.92. The van der Waals surface area contributed by atoms with Gasteiger partial charge in [0.15, 0.2) is 0 Å². The number of aryl methyl sites for hydroxylation is 1. The Hall–Kier alpha value is -1.72. The molecule has 2 heterocycles. The van der Waals surface area contributed by atoms with E-state index in [0.29, 0.717) is 0 Å². The Morgan fingerprint density at radius 2 is 2.10 bits per heavy atom. The highest BCUT2D eigenvalue weighted by Crippen LogP contribution is 2.11. The third-order valence-corrected chi connectivity index (χ3v) is 3.64. The maximum atomic E-state index is 5.36. The van der Waals surface area contributed by atoms with Gasteiger partial charge in [-0.15, -0.1) is 0 Å². The molecule has 0 radical (unpaired) electrons. The Morgan fingerprint density at radius 1 is 1.20 bits per heavy atom. The molecule has 1 saturated heterocycles. The van der Waals surface area contributed by atoms with Crippen molar-refractivity contribution in [2.24, 2.45) is 0 Å². The Kier molecular flexibility index (Phi) is 4.40. The van der Waals surface area contributed by atoms with Crippen LogP contribution in [-0.2, 0) is 11.2 Å². The topological polar surface area (TPSA) is 43.2 Å². The fraction of sp³-hybridized carbons (Fsp3) is 0.467. The molecule has 5 heteroatoms. The summed E-state index contributed by atoms with van der Waals surface area (Å²) in [7, 11) is 0. The van der Waals surface area contributed by atoms with Gasteiger partial charge in [0.1, 0.15) is 12.7 Å². The molecule has 1 aromatic heterocycles. The van der Waals surface area contributed by atoms with E-state index in [1.807, 2.05) is 0 Å². The highest BCUT2D eigenvalue weighted by molar-refractivity contribution is 5.34. The predicted octanol–water partition coefficient (Wildman–Crippen LogP) is 1.53. The van der Waals surface area contributed by atoms with Gasteiger partial charge in [0.05, 0.1) is 18.9 Å². The van der Waals surface area contributed by atoms with Gasteiger partial charge in [-0.3, -0.25) is 4.90 Å². The maximum Gasteiger partial charge on any atom is 0.138 e. The minimum Gasteiger partial charge on any atom is -0.379 e. The highest BCUT2D eigenvalue weighted by Gasteiger charge is 2.09. The summed E-state index contributed by atoms with van der Waals surface area (Å²) in [4.78, 5) is 6.46. The van der Waals surface area contributed by atoms with Crippen molar-refractivity contribution < 1.29 is 4.74 Å². The molecule has 0 aliphatic carbocycles. The van der Waals surface area contributed by atoms with Crippen LogP contribution in [-0.4, -0.2) is 52.5 Å². The molecule has 1 fully saturated rings. The van der Waals surface area contributed by atoms with E-state index in [2.05, 4.69) is 39.2 Å². The van der Waals surface area contributed by atoms with E-state index in [1.165, 1.54) is 12.0 Å². The number of hydrogen-bond donors (Lipinski definition) is 0. The maximum absolute atomic E-state index is 5.36. The Balaban J connectivity index is 1.53. The van der Waals surface area contributed by atoms with Crippen LogP contribution >= 0.6 is 0 Å². The average molecular weight is 272 g/mol. The second-order valence-electron chi connectivity index (χ2n) is 5.07. The number of nitrogens with zero attached hydrogens (tertiary/aromatic N) is 4. The highest BCUT2D eigenvalue weighted by atomic mass is 16.5. The number of aromatic nitrogens is 3. The first kappa shape index (κ1) is 13.3. The van der Waals surface area contributed by atoms with Crippen LogP contribution in [0, 0.1) is 0 Å². The summed E-state index contributed by atoms with van der Waals surface area (Å²) in [6.07, 6.45) is 5.57. The van der Waals surface area contributed by atoms with Crippen LogP contribution in [0.5, 0.6) is 0 Å². The van der Waals surface area contributed by atoms with E-state index in [0.717, 1.165) is 45.0 Å². The summed E-state index contributed by atoms with van der Waals surface area (Å²) >= 11 is 0. The molecule has 0 bridgehead atoms. The van der Waals surface area contributed by atoms with Gasteiger partial charge in [-0.05, 0) is 37.1 Å². The van der Waals surface area contributed by atoms with E-state index < -0.39 is 0 Å². The number of benzene rings is 1. The molecule has 5 nitrogen and oxygen atoms in total. The lowest BCUT2D eigenvalue weighted by molar-refractivity contribution is 0.0375. The average Bonchev–Trinajstić information content (AvgIpc) is 3.03. The molecule has 0 N–H and O–H groups in total. The van der Waals surface area contributed by atoms with E-state index in [9.17, 15) is 0 Å². The number of ether oxygens (including phenoxy) is 1. The first-order valence-electron chi connectivity index (χ1n) is 7.16. The molecule has 0 saturated carbocycles. The van der Waals surface area contributed by atoms with E-state index in [-0.39, 0.29) is 0 Å². The smallest absolute Gasteiger partial charge is 0.138 e. The minimum atomic E-state index is 0.877. The van der Waals surface area contributed by atoms with Crippen molar-refractivity contribution >= 4 is 0 Å². The monoisotopic (exact) mass is 272 g/mol. The van der Waals surface area contributed by atoms with E-state index >= 15 is 0 Å².